The molecule has 0 bridgehead atoms. The fourth-order valence-corrected chi connectivity index (χ4v) is 8.27. The van der Waals surface area contributed by atoms with Gasteiger partial charge in [0, 0.05) is 31.0 Å². The van der Waals surface area contributed by atoms with Crippen molar-refractivity contribution in [2.45, 2.75) is 76.3 Å². The number of aryl methyl sites for hydroxylation is 2. The molecule has 3 aliphatic rings. The molecular formula is C32H37N3O3S. The number of benzene rings is 3. The molecule has 3 aromatic rings. The van der Waals surface area contributed by atoms with Crippen molar-refractivity contribution < 1.29 is 13.2 Å². The zero-order valence-electron chi connectivity index (χ0n) is 22.9. The highest BCUT2D eigenvalue weighted by molar-refractivity contribution is 7.89. The van der Waals surface area contributed by atoms with E-state index < -0.39 is 16.1 Å². The summed E-state index contributed by atoms with van der Waals surface area (Å²) in [7, 11) is -3.92. The molecule has 2 aliphatic carbocycles. The van der Waals surface area contributed by atoms with Gasteiger partial charge in [-0.2, -0.15) is 4.31 Å². The number of anilines is 2. The Balaban J connectivity index is 1.36. The van der Waals surface area contributed by atoms with Gasteiger partial charge < -0.3 is 10.2 Å². The largest absolute Gasteiger partial charge is 0.372 e. The van der Waals surface area contributed by atoms with Crippen LogP contribution in [-0.2, 0) is 53.5 Å². The summed E-state index contributed by atoms with van der Waals surface area (Å²) in [5.41, 5.74) is 9.13. The van der Waals surface area contributed by atoms with Crippen LogP contribution in [0.4, 0.5) is 11.4 Å². The molecule has 7 heteroatoms. The molecule has 0 fully saturated rings. The standard InChI is InChI=1S/C32H37N3O3S/c1-3-34(4-2)26-15-17-27(18-16-26)39(37,38)35-21-25-10-6-5-9-22(25)20-30(35)32(36)33-31-28-13-7-11-23(28)19-24-12-8-14-29(24)31/h5-6,9-10,15-19,30H,3-4,7-8,11-14,20-21H2,1-2H3,(H,33,36). The highest BCUT2D eigenvalue weighted by atomic mass is 32.2. The third-order valence-corrected chi connectivity index (χ3v) is 10.7. The lowest BCUT2D eigenvalue weighted by atomic mass is 9.94. The fraction of sp³-hybridized carbons (Fsp3) is 0.406. The number of fused-ring (bicyclic) bond motifs is 3. The van der Waals surface area contributed by atoms with Crippen LogP contribution in [-0.4, -0.2) is 37.8 Å². The Morgan fingerprint density at radius 2 is 1.49 bits per heavy atom. The molecule has 0 aromatic heterocycles. The number of nitrogens with one attached hydrogen (secondary N) is 1. The van der Waals surface area contributed by atoms with E-state index in [0.717, 1.165) is 74.1 Å². The number of sulfonamides is 1. The average Bonchev–Trinajstić information content (AvgIpc) is 3.63. The summed E-state index contributed by atoms with van der Waals surface area (Å²) < 4.78 is 29.6. The molecule has 39 heavy (non-hydrogen) atoms. The first kappa shape index (κ1) is 26.1. The van der Waals surface area contributed by atoms with Crippen LogP contribution in [0.15, 0.2) is 59.5 Å². The van der Waals surface area contributed by atoms with Gasteiger partial charge in [-0.3, -0.25) is 4.79 Å². The maximum Gasteiger partial charge on any atom is 0.244 e. The molecule has 3 aromatic carbocycles. The lowest BCUT2D eigenvalue weighted by Gasteiger charge is -2.35. The molecule has 0 saturated carbocycles. The van der Waals surface area contributed by atoms with E-state index in [-0.39, 0.29) is 17.3 Å². The quantitative estimate of drug-likeness (QED) is 0.441. The van der Waals surface area contributed by atoms with Gasteiger partial charge in [0.05, 0.1) is 4.90 Å². The number of rotatable bonds is 7. The summed E-state index contributed by atoms with van der Waals surface area (Å²) in [4.78, 5) is 16.5. The first-order valence-corrected chi connectivity index (χ1v) is 15.8. The minimum Gasteiger partial charge on any atom is -0.372 e. The van der Waals surface area contributed by atoms with Gasteiger partial charge in [-0.05, 0) is 116 Å². The molecule has 6 nitrogen and oxygen atoms in total. The first-order chi connectivity index (χ1) is 18.9. The van der Waals surface area contributed by atoms with Gasteiger partial charge in [0.25, 0.3) is 0 Å². The van der Waals surface area contributed by atoms with Gasteiger partial charge in [-0.15, -0.1) is 0 Å². The van der Waals surface area contributed by atoms with Crippen molar-refractivity contribution in [2.75, 3.05) is 23.3 Å². The van der Waals surface area contributed by atoms with Crippen molar-refractivity contribution >= 4 is 27.3 Å². The number of carbonyl (C=O) groups excluding carboxylic acids is 1. The number of hydrogen-bond donors (Lipinski definition) is 1. The lowest BCUT2D eigenvalue weighted by Crippen LogP contribution is -2.50. The van der Waals surface area contributed by atoms with Crippen LogP contribution in [0.5, 0.6) is 0 Å². The van der Waals surface area contributed by atoms with Crippen LogP contribution in [0.2, 0.25) is 0 Å². The number of nitrogens with zero attached hydrogens (tertiary/aromatic N) is 2. The van der Waals surface area contributed by atoms with Gasteiger partial charge in [-0.25, -0.2) is 8.42 Å². The Morgan fingerprint density at radius 3 is 2.10 bits per heavy atom. The van der Waals surface area contributed by atoms with Crippen LogP contribution in [0.3, 0.4) is 0 Å². The van der Waals surface area contributed by atoms with Crippen LogP contribution < -0.4 is 10.2 Å². The van der Waals surface area contributed by atoms with E-state index in [1.807, 2.05) is 36.4 Å². The molecule has 6 rings (SSSR count). The maximum atomic E-state index is 14.1. The molecule has 1 aliphatic heterocycles. The molecular weight excluding hydrogens is 506 g/mol. The first-order valence-electron chi connectivity index (χ1n) is 14.3. The third-order valence-electron chi connectivity index (χ3n) is 8.80. The summed E-state index contributed by atoms with van der Waals surface area (Å²) in [6.07, 6.45) is 6.58. The SMILES string of the molecule is CCN(CC)c1ccc(S(=O)(=O)N2Cc3ccccc3CC2C(=O)Nc2c3c(cc4c2CCC4)CCC3)cc1. The van der Waals surface area contributed by atoms with E-state index in [2.05, 4.69) is 30.1 Å². The van der Waals surface area contributed by atoms with Crippen molar-refractivity contribution in [3.05, 3.63) is 88.0 Å². The summed E-state index contributed by atoms with van der Waals surface area (Å²) in [6, 6.07) is 16.5. The summed E-state index contributed by atoms with van der Waals surface area (Å²) in [6.45, 7) is 6.04. The second-order valence-corrected chi connectivity index (χ2v) is 12.8. The smallest absolute Gasteiger partial charge is 0.244 e. The minimum absolute atomic E-state index is 0.180. The van der Waals surface area contributed by atoms with Crippen molar-refractivity contribution in [1.82, 2.24) is 4.31 Å². The van der Waals surface area contributed by atoms with E-state index >= 15 is 0 Å². The topological polar surface area (TPSA) is 69.7 Å². The second kappa shape index (κ2) is 10.4. The molecule has 0 spiro atoms. The highest BCUT2D eigenvalue weighted by Crippen LogP contribution is 2.39. The number of amides is 1. The molecule has 1 amide bonds. The maximum absolute atomic E-state index is 14.1. The molecule has 0 radical (unpaired) electrons. The third kappa shape index (κ3) is 4.66. The summed E-state index contributed by atoms with van der Waals surface area (Å²) in [5.74, 6) is -0.234. The van der Waals surface area contributed by atoms with Gasteiger partial charge in [0.2, 0.25) is 15.9 Å². The lowest BCUT2D eigenvalue weighted by molar-refractivity contribution is -0.120. The Bertz CT molecular complexity index is 1480. The molecule has 1 atom stereocenters. The van der Waals surface area contributed by atoms with E-state index in [4.69, 9.17) is 0 Å². The Hall–Kier alpha value is -3.16. The van der Waals surface area contributed by atoms with E-state index in [9.17, 15) is 13.2 Å². The predicted molar refractivity (Wildman–Crippen MR) is 156 cm³/mol. The Morgan fingerprint density at radius 1 is 0.872 bits per heavy atom. The van der Waals surface area contributed by atoms with Gasteiger partial charge in [0.1, 0.15) is 6.04 Å². The number of carbonyl (C=O) groups is 1. The molecule has 1 heterocycles. The minimum atomic E-state index is -3.92. The van der Waals surface area contributed by atoms with Crippen molar-refractivity contribution in [2.24, 2.45) is 0 Å². The van der Waals surface area contributed by atoms with Gasteiger partial charge in [-0.1, -0.05) is 30.3 Å². The van der Waals surface area contributed by atoms with Gasteiger partial charge in [0.15, 0.2) is 0 Å². The van der Waals surface area contributed by atoms with Crippen LogP contribution in [0.1, 0.15) is 60.1 Å². The van der Waals surface area contributed by atoms with Crippen molar-refractivity contribution in [3.63, 3.8) is 0 Å². The highest BCUT2D eigenvalue weighted by Gasteiger charge is 2.40. The summed E-state index contributed by atoms with van der Waals surface area (Å²) >= 11 is 0. The molecule has 0 saturated heterocycles. The number of hydrogen-bond acceptors (Lipinski definition) is 4. The summed E-state index contributed by atoms with van der Waals surface area (Å²) in [5, 5.41) is 3.28. The van der Waals surface area contributed by atoms with Crippen molar-refractivity contribution in [3.8, 4) is 0 Å². The average molecular weight is 544 g/mol. The molecule has 1 N–H and O–H groups in total. The van der Waals surface area contributed by atoms with E-state index in [1.54, 1.807) is 12.1 Å². The zero-order valence-corrected chi connectivity index (χ0v) is 23.7. The van der Waals surface area contributed by atoms with E-state index in [1.165, 1.54) is 26.6 Å². The van der Waals surface area contributed by atoms with Gasteiger partial charge >= 0.3 is 0 Å². The molecule has 1 unspecified atom stereocenters. The van der Waals surface area contributed by atoms with Crippen LogP contribution >= 0.6 is 0 Å². The van der Waals surface area contributed by atoms with E-state index in [0.29, 0.717) is 6.42 Å². The Kier molecular flexibility index (Phi) is 6.98. The molecule has 204 valence electrons. The predicted octanol–water partition coefficient (Wildman–Crippen LogP) is 5.26. The van der Waals surface area contributed by atoms with Crippen LogP contribution in [0.25, 0.3) is 0 Å². The zero-order chi connectivity index (χ0) is 27.1. The van der Waals surface area contributed by atoms with Crippen LogP contribution in [0, 0.1) is 0 Å². The monoisotopic (exact) mass is 543 g/mol. The van der Waals surface area contributed by atoms with Crippen molar-refractivity contribution in [1.29, 1.82) is 0 Å². The second-order valence-electron chi connectivity index (χ2n) is 10.9. The normalized spacial score (nSPS) is 18.4. The Labute approximate surface area is 232 Å². The fourth-order valence-electron chi connectivity index (χ4n) is 6.70.